The molecule has 1 heterocycles. The summed E-state index contributed by atoms with van der Waals surface area (Å²) >= 11 is 0. The molecule has 1 aromatic rings. The number of benzene rings is 1. The van der Waals surface area contributed by atoms with Crippen LogP contribution in [-0.2, 0) is 6.42 Å². The molecular formula is C18H26O2. The Morgan fingerprint density at radius 3 is 2.50 bits per heavy atom. The van der Waals surface area contributed by atoms with Gasteiger partial charge in [0.1, 0.15) is 5.75 Å². The first kappa shape index (κ1) is 13.9. The SMILES string of the molecule is CC(C)C1CCC(C(O)c2ccc3c(c2)CCO3)CC1. The topological polar surface area (TPSA) is 29.5 Å². The number of aliphatic hydroxyl groups is 1. The molecule has 1 atom stereocenters. The number of hydrogen-bond donors (Lipinski definition) is 1. The highest BCUT2D eigenvalue weighted by Crippen LogP contribution is 2.40. The van der Waals surface area contributed by atoms with Gasteiger partial charge in [-0.25, -0.2) is 0 Å². The van der Waals surface area contributed by atoms with Crippen LogP contribution in [0.2, 0.25) is 0 Å². The Kier molecular flexibility index (Phi) is 4.02. The van der Waals surface area contributed by atoms with Gasteiger partial charge >= 0.3 is 0 Å². The molecule has 1 aromatic carbocycles. The van der Waals surface area contributed by atoms with Crippen LogP contribution in [0.3, 0.4) is 0 Å². The van der Waals surface area contributed by atoms with Gasteiger partial charge in [0, 0.05) is 6.42 Å². The highest BCUT2D eigenvalue weighted by molar-refractivity contribution is 5.40. The fourth-order valence-corrected chi connectivity index (χ4v) is 3.79. The lowest BCUT2D eigenvalue weighted by molar-refractivity contribution is 0.0667. The summed E-state index contributed by atoms with van der Waals surface area (Å²) in [6, 6.07) is 6.23. The fraction of sp³-hybridized carbons (Fsp3) is 0.667. The molecule has 0 saturated heterocycles. The average Bonchev–Trinajstić information content (AvgIpc) is 2.94. The smallest absolute Gasteiger partial charge is 0.122 e. The van der Waals surface area contributed by atoms with E-state index in [0.717, 1.165) is 49.0 Å². The molecule has 2 heteroatoms. The lowest BCUT2D eigenvalue weighted by Gasteiger charge is -2.33. The largest absolute Gasteiger partial charge is 0.493 e. The van der Waals surface area contributed by atoms with E-state index >= 15 is 0 Å². The van der Waals surface area contributed by atoms with Crippen LogP contribution < -0.4 is 4.74 Å². The second-order valence-electron chi connectivity index (χ2n) is 6.83. The molecule has 0 amide bonds. The van der Waals surface area contributed by atoms with E-state index in [4.69, 9.17) is 4.74 Å². The maximum absolute atomic E-state index is 10.7. The number of fused-ring (bicyclic) bond motifs is 1. The van der Waals surface area contributed by atoms with E-state index in [1.807, 2.05) is 12.1 Å². The van der Waals surface area contributed by atoms with Crippen LogP contribution >= 0.6 is 0 Å². The van der Waals surface area contributed by atoms with Crippen LogP contribution in [0.25, 0.3) is 0 Å². The summed E-state index contributed by atoms with van der Waals surface area (Å²) < 4.78 is 5.54. The van der Waals surface area contributed by atoms with E-state index in [1.165, 1.54) is 18.4 Å². The average molecular weight is 274 g/mol. The number of rotatable bonds is 3. The Labute approximate surface area is 122 Å². The molecule has 110 valence electrons. The summed E-state index contributed by atoms with van der Waals surface area (Å²) in [6.07, 6.45) is 5.56. The number of aliphatic hydroxyl groups excluding tert-OH is 1. The first-order chi connectivity index (χ1) is 9.65. The van der Waals surface area contributed by atoms with Crippen molar-refractivity contribution in [1.29, 1.82) is 0 Å². The van der Waals surface area contributed by atoms with Gasteiger partial charge in [0.05, 0.1) is 12.7 Å². The number of hydrogen-bond acceptors (Lipinski definition) is 2. The first-order valence-corrected chi connectivity index (χ1v) is 8.09. The maximum Gasteiger partial charge on any atom is 0.122 e. The maximum atomic E-state index is 10.7. The summed E-state index contributed by atoms with van der Waals surface area (Å²) in [7, 11) is 0. The minimum atomic E-state index is -0.297. The number of ether oxygens (including phenoxy) is 1. The molecule has 1 aliphatic carbocycles. The lowest BCUT2D eigenvalue weighted by Crippen LogP contribution is -2.23. The minimum Gasteiger partial charge on any atom is -0.493 e. The Hall–Kier alpha value is -1.02. The predicted molar refractivity (Wildman–Crippen MR) is 80.9 cm³/mol. The van der Waals surface area contributed by atoms with Crippen molar-refractivity contribution in [3.63, 3.8) is 0 Å². The highest BCUT2D eigenvalue weighted by atomic mass is 16.5. The van der Waals surface area contributed by atoms with Gasteiger partial charge in [-0.3, -0.25) is 0 Å². The predicted octanol–water partition coefficient (Wildman–Crippen LogP) is 4.12. The molecule has 0 aromatic heterocycles. The third kappa shape index (κ3) is 2.71. The summed E-state index contributed by atoms with van der Waals surface area (Å²) in [4.78, 5) is 0. The Bertz CT molecular complexity index is 458. The van der Waals surface area contributed by atoms with Gasteiger partial charge in [0.2, 0.25) is 0 Å². The Morgan fingerprint density at radius 1 is 1.10 bits per heavy atom. The molecule has 20 heavy (non-hydrogen) atoms. The van der Waals surface area contributed by atoms with Crippen molar-refractivity contribution in [3.05, 3.63) is 29.3 Å². The molecule has 1 unspecified atom stereocenters. The lowest BCUT2D eigenvalue weighted by atomic mass is 9.74. The van der Waals surface area contributed by atoms with Gasteiger partial charge in [-0.15, -0.1) is 0 Å². The van der Waals surface area contributed by atoms with Gasteiger partial charge in [-0.2, -0.15) is 0 Å². The van der Waals surface area contributed by atoms with Crippen LogP contribution in [0.15, 0.2) is 18.2 Å². The molecule has 2 nitrogen and oxygen atoms in total. The summed E-state index contributed by atoms with van der Waals surface area (Å²) in [5.74, 6) is 3.08. The molecule has 0 bridgehead atoms. The van der Waals surface area contributed by atoms with Crippen molar-refractivity contribution in [2.45, 2.75) is 52.1 Å². The fourth-order valence-electron chi connectivity index (χ4n) is 3.79. The van der Waals surface area contributed by atoms with E-state index in [2.05, 4.69) is 19.9 Å². The molecule has 0 spiro atoms. The summed E-state index contributed by atoms with van der Waals surface area (Å²) in [5.41, 5.74) is 2.35. The van der Waals surface area contributed by atoms with E-state index < -0.39 is 0 Å². The van der Waals surface area contributed by atoms with Gasteiger partial charge in [0.25, 0.3) is 0 Å². The van der Waals surface area contributed by atoms with Crippen LogP contribution in [0.5, 0.6) is 5.75 Å². The van der Waals surface area contributed by atoms with Gasteiger partial charge in [0.15, 0.2) is 0 Å². The molecule has 1 N–H and O–H groups in total. The molecule has 3 rings (SSSR count). The van der Waals surface area contributed by atoms with Gasteiger partial charge < -0.3 is 9.84 Å². The van der Waals surface area contributed by atoms with Crippen LogP contribution in [-0.4, -0.2) is 11.7 Å². The molecule has 1 aliphatic heterocycles. The monoisotopic (exact) mass is 274 g/mol. The minimum absolute atomic E-state index is 0.297. The Morgan fingerprint density at radius 2 is 1.80 bits per heavy atom. The molecule has 1 saturated carbocycles. The zero-order valence-electron chi connectivity index (χ0n) is 12.6. The van der Waals surface area contributed by atoms with E-state index in [0.29, 0.717) is 5.92 Å². The van der Waals surface area contributed by atoms with Gasteiger partial charge in [-0.05, 0) is 66.7 Å². The van der Waals surface area contributed by atoms with Crippen LogP contribution in [0.1, 0.15) is 56.8 Å². The van der Waals surface area contributed by atoms with E-state index in [-0.39, 0.29) is 6.10 Å². The quantitative estimate of drug-likeness (QED) is 0.898. The standard InChI is InChI=1S/C18H26O2/c1-12(2)13-3-5-14(6-4-13)18(19)16-7-8-17-15(11-16)9-10-20-17/h7-8,11-14,18-19H,3-6,9-10H2,1-2H3. The van der Waals surface area contributed by atoms with Gasteiger partial charge in [-0.1, -0.05) is 19.9 Å². The van der Waals surface area contributed by atoms with Crippen molar-refractivity contribution >= 4 is 0 Å². The van der Waals surface area contributed by atoms with E-state index in [1.54, 1.807) is 0 Å². The van der Waals surface area contributed by atoms with Crippen molar-refractivity contribution in [2.24, 2.45) is 17.8 Å². The van der Waals surface area contributed by atoms with Crippen molar-refractivity contribution in [1.82, 2.24) is 0 Å². The Balaban J connectivity index is 1.66. The van der Waals surface area contributed by atoms with E-state index in [9.17, 15) is 5.11 Å². The molecule has 2 aliphatic rings. The molecule has 0 radical (unpaired) electrons. The van der Waals surface area contributed by atoms with Crippen molar-refractivity contribution in [2.75, 3.05) is 6.61 Å². The van der Waals surface area contributed by atoms with Crippen molar-refractivity contribution in [3.8, 4) is 5.75 Å². The molecular weight excluding hydrogens is 248 g/mol. The second kappa shape index (κ2) is 5.77. The summed E-state index contributed by atoms with van der Waals surface area (Å²) in [6.45, 7) is 5.43. The highest BCUT2D eigenvalue weighted by Gasteiger charge is 2.29. The zero-order chi connectivity index (χ0) is 14.1. The summed E-state index contributed by atoms with van der Waals surface area (Å²) in [5, 5.41) is 10.7. The third-order valence-corrected chi connectivity index (χ3v) is 5.26. The normalized spacial score (nSPS) is 27.2. The van der Waals surface area contributed by atoms with Crippen LogP contribution in [0.4, 0.5) is 0 Å². The van der Waals surface area contributed by atoms with Crippen LogP contribution in [0, 0.1) is 17.8 Å². The third-order valence-electron chi connectivity index (χ3n) is 5.26. The van der Waals surface area contributed by atoms with Crippen molar-refractivity contribution < 1.29 is 9.84 Å². The molecule has 1 fully saturated rings. The zero-order valence-corrected chi connectivity index (χ0v) is 12.6. The second-order valence-corrected chi connectivity index (χ2v) is 6.83. The first-order valence-electron chi connectivity index (χ1n) is 8.09.